The van der Waals surface area contributed by atoms with Crippen molar-refractivity contribution in [2.75, 3.05) is 0 Å². The Morgan fingerprint density at radius 3 is 2.07 bits per heavy atom. The molecule has 0 N–H and O–H groups in total. The SMILES string of the molecule is O=C(c1cc(C(F)(F)F)cc(C(F)(F)F)c1)N(Cc1ccccn1)Cc1ccco1. The third-order valence-corrected chi connectivity index (χ3v) is 4.13. The smallest absolute Gasteiger partial charge is 0.416 e. The molecule has 0 aliphatic heterocycles. The topological polar surface area (TPSA) is 46.3 Å². The molecule has 0 spiro atoms. The van der Waals surface area contributed by atoms with Gasteiger partial charge < -0.3 is 9.32 Å². The number of carbonyl (C=O) groups excluding carboxylic acids is 1. The molecule has 0 aliphatic rings. The van der Waals surface area contributed by atoms with Crippen molar-refractivity contribution < 1.29 is 35.6 Å². The van der Waals surface area contributed by atoms with Gasteiger partial charge in [0.15, 0.2) is 0 Å². The Morgan fingerprint density at radius 2 is 1.57 bits per heavy atom. The molecule has 0 saturated carbocycles. The van der Waals surface area contributed by atoms with Crippen LogP contribution < -0.4 is 0 Å². The van der Waals surface area contributed by atoms with Gasteiger partial charge in [-0.25, -0.2) is 0 Å². The Kier molecular flexibility index (Phi) is 5.86. The minimum absolute atomic E-state index is 0.0214. The van der Waals surface area contributed by atoms with Crippen LogP contribution in [0.25, 0.3) is 0 Å². The van der Waals surface area contributed by atoms with E-state index in [0.29, 0.717) is 23.6 Å². The number of nitrogens with zero attached hydrogens (tertiary/aromatic N) is 2. The van der Waals surface area contributed by atoms with Crippen LogP contribution in [-0.4, -0.2) is 15.8 Å². The molecule has 0 atom stereocenters. The Balaban J connectivity index is 2.02. The maximum Gasteiger partial charge on any atom is 0.416 e. The third-order valence-electron chi connectivity index (χ3n) is 4.13. The van der Waals surface area contributed by atoms with Crippen LogP contribution in [0.2, 0.25) is 0 Å². The van der Waals surface area contributed by atoms with Gasteiger partial charge in [0, 0.05) is 11.8 Å². The highest BCUT2D eigenvalue weighted by molar-refractivity contribution is 5.94. The monoisotopic (exact) mass is 428 g/mol. The molecule has 30 heavy (non-hydrogen) atoms. The summed E-state index contributed by atoms with van der Waals surface area (Å²) in [6, 6.07) is 8.73. The van der Waals surface area contributed by atoms with Crippen molar-refractivity contribution in [3.63, 3.8) is 0 Å². The van der Waals surface area contributed by atoms with Crippen molar-refractivity contribution in [3.8, 4) is 0 Å². The molecule has 0 radical (unpaired) electrons. The Bertz CT molecular complexity index is 966. The molecule has 10 heteroatoms. The van der Waals surface area contributed by atoms with Gasteiger partial charge in [-0.3, -0.25) is 9.78 Å². The van der Waals surface area contributed by atoms with E-state index in [-0.39, 0.29) is 19.2 Å². The maximum absolute atomic E-state index is 13.1. The number of halogens is 6. The van der Waals surface area contributed by atoms with Crippen LogP contribution in [0, 0.1) is 0 Å². The fourth-order valence-corrected chi connectivity index (χ4v) is 2.74. The minimum Gasteiger partial charge on any atom is -0.467 e. The first-order valence-electron chi connectivity index (χ1n) is 8.55. The van der Waals surface area contributed by atoms with E-state index in [1.807, 2.05) is 0 Å². The van der Waals surface area contributed by atoms with Gasteiger partial charge in [-0.2, -0.15) is 26.3 Å². The molecule has 0 fully saturated rings. The molecule has 158 valence electrons. The summed E-state index contributed by atoms with van der Waals surface area (Å²) in [5.74, 6) is -0.712. The Morgan fingerprint density at radius 1 is 0.900 bits per heavy atom. The van der Waals surface area contributed by atoms with Gasteiger partial charge in [0.2, 0.25) is 0 Å². The Labute approximate surface area is 166 Å². The second-order valence-electron chi connectivity index (χ2n) is 6.36. The molecule has 1 aromatic carbocycles. The number of aromatic nitrogens is 1. The van der Waals surface area contributed by atoms with Crippen molar-refractivity contribution in [2.24, 2.45) is 0 Å². The Hall–Kier alpha value is -3.30. The number of amides is 1. The first-order chi connectivity index (χ1) is 14.0. The minimum atomic E-state index is -5.05. The zero-order chi connectivity index (χ0) is 21.9. The largest absolute Gasteiger partial charge is 0.467 e. The number of alkyl halides is 6. The van der Waals surface area contributed by atoms with E-state index in [9.17, 15) is 31.1 Å². The molecule has 2 aromatic heterocycles. The number of hydrogen-bond donors (Lipinski definition) is 0. The van der Waals surface area contributed by atoms with Crippen molar-refractivity contribution in [1.29, 1.82) is 0 Å². The molecule has 0 saturated heterocycles. The third kappa shape index (κ3) is 5.19. The summed E-state index contributed by atoms with van der Waals surface area (Å²) in [5.41, 5.74) is -3.45. The normalized spacial score (nSPS) is 12.1. The molecule has 3 aromatic rings. The first kappa shape index (κ1) is 21.4. The van der Waals surface area contributed by atoms with E-state index in [1.54, 1.807) is 24.3 Å². The maximum atomic E-state index is 13.1. The number of hydrogen-bond acceptors (Lipinski definition) is 3. The molecule has 0 bridgehead atoms. The van der Waals surface area contributed by atoms with Gasteiger partial charge in [0.05, 0.1) is 36.2 Å². The lowest BCUT2D eigenvalue weighted by Crippen LogP contribution is -2.31. The van der Waals surface area contributed by atoms with Gasteiger partial charge in [0.1, 0.15) is 5.76 Å². The molecule has 4 nitrogen and oxygen atoms in total. The van der Waals surface area contributed by atoms with E-state index in [4.69, 9.17) is 4.42 Å². The zero-order valence-corrected chi connectivity index (χ0v) is 15.2. The van der Waals surface area contributed by atoms with Gasteiger partial charge >= 0.3 is 12.4 Å². The standard InChI is InChI=1S/C20H14F6N2O2/c21-19(22,23)14-8-13(9-15(10-14)20(24,25)26)18(29)28(12-17-5-3-7-30-17)11-16-4-1-2-6-27-16/h1-10H,11-12H2. The van der Waals surface area contributed by atoms with Crippen LogP contribution in [0.5, 0.6) is 0 Å². The lowest BCUT2D eigenvalue weighted by Gasteiger charge is -2.23. The zero-order valence-electron chi connectivity index (χ0n) is 15.2. The van der Waals surface area contributed by atoms with Crippen LogP contribution in [0.4, 0.5) is 26.3 Å². The average molecular weight is 428 g/mol. The van der Waals surface area contributed by atoms with Crippen LogP contribution in [0.1, 0.15) is 32.9 Å². The predicted molar refractivity (Wildman–Crippen MR) is 93.0 cm³/mol. The van der Waals surface area contributed by atoms with Gasteiger partial charge in [-0.15, -0.1) is 0 Å². The summed E-state index contributed by atoms with van der Waals surface area (Å²) < 4.78 is 84.0. The summed E-state index contributed by atoms with van der Waals surface area (Å²) >= 11 is 0. The molecule has 2 heterocycles. The van der Waals surface area contributed by atoms with Gasteiger partial charge in [0.25, 0.3) is 5.91 Å². The second kappa shape index (κ2) is 8.21. The highest BCUT2D eigenvalue weighted by Gasteiger charge is 2.38. The molecule has 0 unspecified atom stereocenters. The summed E-state index contributed by atoms with van der Waals surface area (Å²) in [7, 11) is 0. The molecule has 3 rings (SSSR count). The highest BCUT2D eigenvalue weighted by atomic mass is 19.4. The second-order valence-corrected chi connectivity index (χ2v) is 6.36. The summed E-state index contributed by atoms with van der Waals surface area (Å²) in [5, 5.41) is 0. The van der Waals surface area contributed by atoms with Gasteiger partial charge in [-0.1, -0.05) is 6.07 Å². The van der Waals surface area contributed by atoms with Crippen LogP contribution in [-0.2, 0) is 25.4 Å². The fraction of sp³-hybridized carbons (Fsp3) is 0.200. The summed E-state index contributed by atoms with van der Waals surface area (Å²) in [6.45, 7) is -0.308. The predicted octanol–water partition coefficient (Wildman–Crippen LogP) is 5.55. The first-order valence-corrected chi connectivity index (χ1v) is 8.55. The van der Waals surface area contributed by atoms with Crippen molar-refractivity contribution >= 4 is 5.91 Å². The highest BCUT2D eigenvalue weighted by Crippen LogP contribution is 2.36. The molecule has 0 aliphatic carbocycles. The molecule has 1 amide bonds. The number of rotatable bonds is 5. The number of pyridine rings is 1. The van der Waals surface area contributed by atoms with E-state index in [1.165, 1.54) is 18.5 Å². The fourth-order valence-electron chi connectivity index (χ4n) is 2.74. The van der Waals surface area contributed by atoms with Crippen molar-refractivity contribution in [3.05, 3.63) is 89.1 Å². The van der Waals surface area contributed by atoms with Crippen LogP contribution in [0.15, 0.2) is 65.4 Å². The summed E-state index contributed by atoms with van der Waals surface area (Å²) in [4.78, 5) is 18.1. The number of carbonyl (C=O) groups is 1. The summed E-state index contributed by atoms with van der Waals surface area (Å²) in [6.07, 6.45) is -7.31. The molecular formula is C20H14F6N2O2. The average Bonchev–Trinajstić information content (AvgIpc) is 3.19. The number of benzene rings is 1. The lowest BCUT2D eigenvalue weighted by atomic mass is 10.0. The van der Waals surface area contributed by atoms with Crippen molar-refractivity contribution in [2.45, 2.75) is 25.4 Å². The van der Waals surface area contributed by atoms with Crippen LogP contribution in [0.3, 0.4) is 0 Å². The van der Waals surface area contributed by atoms with E-state index >= 15 is 0 Å². The van der Waals surface area contributed by atoms with Crippen LogP contribution >= 0.6 is 0 Å². The molecular weight excluding hydrogens is 414 g/mol. The lowest BCUT2D eigenvalue weighted by molar-refractivity contribution is -0.143. The number of furan rings is 1. The van der Waals surface area contributed by atoms with E-state index in [0.717, 1.165) is 4.90 Å². The van der Waals surface area contributed by atoms with E-state index in [2.05, 4.69) is 4.98 Å². The van der Waals surface area contributed by atoms with Gasteiger partial charge in [-0.05, 0) is 42.5 Å². The van der Waals surface area contributed by atoms with Crippen molar-refractivity contribution in [1.82, 2.24) is 9.88 Å². The quantitative estimate of drug-likeness (QED) is 0.501. The van der Waals surface area contributed by atoms with E-state index < -0.39 is 35.0 Å².